The molecule has 2 aromatic carbocycles. The molecule has 5 rings (SSSR count). The lowest BCUT2D eigenvalue weighted by Crippen LogP contribution is -2.53. The highest BCUT2D eigenvalue weighted by molar-refractivity contribution is 6.32. The summed E-state index contributed by atoms with van der Waals surface area (Å²) in [5.41, 5.74) is 9.70. The van der Waals surface area contributed by atoms with E-state index < -0.39 is 0 Å². The number of pyridine rings is 1. The molecule has 2 bridgehead atoms. The molecule has 0 spiro atoms. The van der Waals surface area contributed by atoms with Crippen molar-refractivity contribution in [3.63, 3.8) is 0 Å². The summed E-state index contributed by atoms with van der Waals surface area (Å²) in [6, 6.07) is 23.4. The summed E-state index contributed by atoms with van der Waals surface area (Å²) in [6.07, 6.45) is 6.21. The number of fused-ring (bicyclic) bond motifs is 2. The lowest BCUT2D eigenvalue weighted by molar-refractivity contribution is 0.0586. The molecule has 3 heterocycles. The smallest absolute Gasteiger partial charge is 0.0636 e. The molecule has 2 N–H and O–H groups in total. The van der Waals surface area contributed by atoms with Gasteiger partial charge in [0.15, 0.2) is 0 Å². The first kappa shape index (κ1) is 21.0. The van der Waals surface area contributed by atoms with Crippen LogP contribution in [0, 0.1) is 0 Å². The van der Waals surface area contributed by atoms with Crippen LogP contribution >= 0.6 is 23.2 Å². The van der Waals surface area contributed by atoms with Crippen molar-refractivity contribution < 1.29 is 0 Å². The molecule has 3 atom stereocenters. The van der Waals surface area contributed by atoms with Crippen LogP contribution in [0.3, 0.4) is 0 Å². The minimum absolute atomic E-state index is 0.0272. The van der Waals surface area contributed by atoms with Crippen LogP contribution in [0.2, 0.25) is 10.0 Å². The predicted molar refractivity (Wildman–Crippen MR) is 128 cm³/mol. The maximum atomic E-state index is 6.74. The zero-order chi connectivity index (χ0) is 21.4. The molecule has 2 aliphatic heterocycles. The Morgan fingerprint density at radius 1 is 0.871 bits per heavy atom. The molecule has 31 heavy (non-hydrogen) atoms. The summed E-state index contributed by atoms with van der Waals surface area (Å²) in [7, 11) is 0. The van der Waals surface area contributed by atoms with Crippen LogP contribution in [0.1, 0.15) is 48.5 Å². The fraction of sp³-hybridized carbons (Fsp3) is 0.346. The largest absolute Gasteiger partial charge is 0.330 e. The lowest BCUT2D eigenvalue weighted by Gasteiger charge is -2.49. The molecular formula is C26H27Cl2N3. The second kappa shape index (κ2) is 8.55. The number of piperidine rings is 1. The third-order valence-electron chi connectivity index (χ3n) is 7.23. The van der Waals surface area contributed by atoms with Crippen LogP contribution in [-0.2, 0) is 5.41 Å². The molecule has 0 aliphatic carbocycles. The lowest BCUT2D eigenvalue weighted by atomic mass is 9.71. The average molecular weight is 452 g/mol. The molecule has 1 unspecified atom stereocenters. The van der Waals surface area contributed by atoms with E-state index in [0.717, 1.165) is 52.5 Å². The number of halogens is 2. The molecule has 0 amide bonds. The second-order valence-corrected chi connectivity index (χ2v) is 9.70. The van der Waals surface area contributed by atoms with Gasteiger partial charge in [-0.1, -0.05) is 65.7 Å². The number of nitrogens with two attached hydrogens (primary N) is 1. The summed E-state index contributed by atoms with van der Waals surface area (Å²) in [4.78, 5) is 7.38. The Kier molecular flexibility index (Phi) is 5.78. The van der Waals surface area contributed by atoms with Crippen molar-refractivity contribution >= 4 is 23.2 Å². The molecule has 5 heteroatoms. The van der Waals surface area contributed by atoms with E-state index in [1.54, 1.807) is 0 Å². The van der Waals surface area contributed by atoms with Crippen molar-refractivity contribution in [2.24, 2.45) is 5.73 Å². The Balaban J connectivity index is 1.58. The van der Waals surface area contributed by atoms with Gasteiger partial charge in [-0.15, -0.1) is 0 Å². The molecule has 3 aromatic rings. The zero-order valence-electron chi connectivity index (χ0n) is 17.4. The van der Waals surface area contributed by atoms with Crippen LogP contribution in [-0.4, -0.2) is 28.5 Å². The molecule has 2 aliphatic rings. The minimum atomic E-state index is -0.0743. The van der Waals surface area contributed by atoms with E-state index in [1.807, 2.05) is 36.5 Å². The van der Waals surface area contributed by atoms with Gasteiger partial charge in [-0.05, 0) is 61.1 Å². The number of aromatic nitrogens is 1. The molecule has 2 saturated heterocycles. The van der Waals surface area contributed by atoms with Crippen molar-refractivity contribution in [3.8, 4) is 0 Å². The Labute approximate surface area is 194 Å². The van der Waals surface area contributed by atoms with Crippen molar-refractivity contribution in [1.29, 1.82) is 0 Å². The van der Waals surface area contributed by atoms with Crippen LogP contribution in [0.25, 0.3) is 0 Å². The fourth-order valence-corrected chi connectivity index (χ4v) is 6.32. The van der Waals surface area contributed by atoms with Gasteiger partial charge in [-0.25, -0.2) is 0 Å². The molecule has 1 aromatic heterocycles. The first-order valence-electron chi connectivity index (χ1n) is 11.0. The Morgan fingerprint density at radius 2 is 1.42 bits per heavy atom. The first-order valence-corrected chi connectivity index (χ1v) is 11.8. The monoisotopic (exact) mass is 451 g/mol. The van der Waals surface area contributed by atoms with Crippen LogP contribution in [0.15, 0.2) is 72.9 Å². The standard InChI is InChI=1S/C26H27Cl2N3/c27-22-9-3-1-7-20(22)25(21-8-2-4-10-23(21)28)31-18-12-13-19(31)16-26(15-18,17-29)24-11-5-6-14-30-24/h1-11,14,18-19,25H,12-13,15-17,29H2/t18-,19+,26?. The SMILES string of the molecule is NCC1(c2ccccn2)C[C@H]2CC[C@@H](C1)N2C(c1ccccc1Cl)c1ccccc1Cl. The van der Waals surface area contributed by atoms with Crippen molar-refractivity contribution in [2.45, 2.75) is 49.2 Å². The summed E-state index contributed by atoms with van der Waals surface area (Å²) in [5, 5.41) is 1.57. The number of hydrogen-bond acceptors (Lipinski definition) is 3. The van der Waals surface area contributed by atoms with Gasteiger partial charge in [0.05, 0.1) is 6.04 Å². The van der Waals surface area contributed by atoms with E-state index in [2.05, 4.69) is 41.3 Å². The predicted octanol–water partition coefficient (Wildman–Crippen LogP) is 6.00. The Hall–Kier alpha value is -1.91. The van der Waals surface area contributed by atoms with Gasteiger partial charge in [-0.3, -0.25) is 9.88 Å². The molecule has 0 saturated carbocycles. The third kappa shape index (κ3) is 3.68. The maximum absolute atomic E-state index is 6.74. The Morgan fingerprint density at radius 3 is 1.90 bits per heavy atom. The number of nitrogens with zero attached hydrogens (tertiary/aromatic N) is 2. The fourth-order valence-electron chi connectivity index (χ4n) is 5.84. The highest BCUT2D eigenvalue weighted by Gasteiger charge is 2.51. The molecular weight excluding hydrogens is 425 g/mol. The van der Waals surface area contributed by atoms with Gasteiger partial charge >= 0.3 is 0 Å². The summed E-state index contributed by atoms with van der Waals surface area (Å²) in [6.45, 7) is 0.619. The summed E-state index contributed by atoms with van der Waals surface area (Å²) >= 11 is 13.5. The van der Waals surface area contributed by atoms with E-state index in [1.165, 1.54) is 0 Å². The quantitative estimate of drug-likeness (QED) is 0.516. The molecule has 3 nitrogen and oxygen atoms in total. The van der Waals surface area contributed by atoms with Crippen molar-refractivity contribution in [2.75, 3.05) is 6.54 Å². The van der Waals surface area contributed by atoms with Gasteiger partial charge in [0.25, 0.3) is 0 Å². The maximum Gasteiger partial charge on any atom is 0.0636 e. The van der Waals surface area contributed by atoms with Crippen LogP contribution in [0.5, 0.6) is 0 Å². The average Bonchev–Trinajstić information content (AvgIpc) is 3.06. The highest BCUT2D eigenvalue weighted by Crippen LogP contribution is 2.51. The summed E-state index contributed by atoms with van der Waals surface area (Å²) in [5.74, 6) is 0. The van der Waals surface area contributed by atoms with E-state index >= 15 is 0 Å². The van der Waals surface area contributed by atoms with Crippen LogP contribution in [0.4, 0.5) is 0 Å². The number of rotatable bonds is 5. The van der Waals surface area contributed by atoms with Crippen molar-refractivity contribution in [3.05, 3.63) is 99.8 Å². The summed E-state index contributed by atoms with van der Waals surface area (Å²) < 4.78 is 0. The van der Waals surface area contributed by atoms with E-state index in [0.29, 0.717) is 18.6 Å². The van der Waals surface area contributed by atoms with Crippen LogP contribution < -0.4 is 5.73 Å². The number of benzene rings is 2. The number of hydrogen-bond donors (Lipinski definition) is 1. The molecule has 0 radical (unpaired) electrons. The van der Waals surface area contributed by atoms with E-state index in [4.69, 9.17) is 33.9 Å². The van der Waals surface area contributed by atoms with Gasteiger partial charge in [0.1, 0.15) is 0 Å². The van der Waals surface area contributed by atoms with Gasteiger partial charge in [0.2, 0.25) is 0 Å². The first-order chi connectivity index (χ1) is 15.1. The van der Waals surface area contributed by atoms with Crippen molar-refractivity contribution in [1.82, 2.24) is 9.88 Å². The highest BCUT2D eigenvalue weighted by atomic mass is 35.5. The minimum Gasteiger partial charge on any atom is -0.330 e. The molecule has 160 valence electrons. The Bertz CT molecular complexity index is 996. The normalized spacial score (nSPS) is 25.8. The van der Waals surface area contributed by atoms with E-state index in [-0.39, 0.29) is 11.5 Å². The second-order valence-electron chi connectivity index (χ2n) is 8.89. The topological polar surface area (TPSA) is 42.1 Å². The zero-order valence-corrected chi connectivity index (χ0v) is 18.9. The molecule has 2 fully saturated rings. The van der Waals surface area contributed by atoms with Gasteiger partial charge < -0.3 is 5.73 Å². The van der Waals surface area contributed by atoms with Gasteiger partial charge in [-0.2, -0.15) is 0 Å². The van der Waals surface area contributed by atoms with Gasteiger partial charge in [0, 0.05) is 46.0 Å². The third-order valence-corrected chi connectivity index (χ3v) is 7.91. The van der Waals surface area contributed by atoms with E-state index in [9.17, 15) is 0 Å².